The second-order valence-electron chi connectivity index (χ2n) is 10.8. The number of H-pyrrole nitrogens is 1. The van der Waals surface area contributed by atoms with Crippen LogP contribution < -0.4 is 10.2 Å². The first-order valence-electron chi connectivity index (χ1n) is 13.4. The van der Waals surface area contributed by atoms with Crippen LogP contribution >= 0.6 is 0 Å². The summed E-state index contributed by atoms with van der Waals surface area (Å²) in [5.41, 5.74) is 1.94. The van der Waals surface area contributed by atoms with Gasteiger partial charge in [0, 0.05) is 31.4 Å². The van der Waals surface area contributed by atoms with E-state index >= 15 is 0 Å². The van der Waals surface area contributed by atoms with Crippen LogP contribution in [0.15, 0.2) is 36.5 Å². The van der Waals surface area contributed by atoms with Gasteiger partial charge in [0.1, 0.15) is 5.82 Å². The Morgan fingerprint density at radius 2 is 1.84 bits per heavy atom. The number of piperidine rings is 1. The highest BCUT2D eigenvalue weighted by molar-refractivity contribution is 5.82. The molecule has 1 saturated carbocycles. The van der Waals surface area contributed by atoms with Crippen LogP contribution in [0, 0.1) is 17.2 Å². The summed E-state index contributed by atoms with van der Waals surface area (Å²) in [5, 5.41) is 3.03. The summed E-state index contributed by atoms with van der Waals surface area (Å²) in [6.07, 6.45) is 6.80. The molecule has 2 aliphatic heterocycles. The number of nitrogens with one attached hydrogen (secondary N) is 2. The number of aromatic nitrogens is 4. The van der Waals surface area contributed by atoms with Gasteiger partial charge < -0.3 is 24.7 Å². The Morgan fingerprint density at radius 3 is 2.55 bits per heavy atom. The first kappa shape index (κ1) is 24.9. The molecule has 4 heterocycles. The molecule has 1 amide bonds. The van der Waals surface area contributed by atoms with Crippen molar-refractivity contribution in [3.63, 3.8) is 0 Å². The number of hydrogen-bond acceptors (Lipinski definition) is 7. The monoisotopic (exact) mass is 520 g/mol. The summed E-state index contributed by atoms with van der Waals surface area (Å²) in [6.45, 7) is 4.84. The molecule has 0 bridgehead atoms. The van der Waals surface area contributed by atoms with Gasteiger partial charge >= 0.3 is 0 Å². The maximum Gasteiger partial charge on any atom is 0.230 e. The molecule has 3 aliphatic rings. The van der Waals surface area contributed by atoms with Gasteiger partial charge in [-0.1, -0.05) is 0 Å². The summed E-state index contributed by atoms with van der Waals surface area (Å²) < 4.78 is 25.7. The second-order valence-corrected chi connectivity index (χ2v) is 10.8. The first-order valence-corrected chi connectivity index (χ1v) is 13.4. The molecule has 38 heavy (non-hydrogen) atoms. The van der Waals surface area contributed by atoms with Crippen LogP contribution in [0.1, 0.15) is 51.1 Å². The molecule has 9 nitrogen and oxygen atoms in total. The van der Waals surface area contributed by atoms with Crippen molar-refractivity contribution >= 4 is 11.9 Å². The molecule has 2 N–H and O–H groups in total. The number of aromatic amines is 1. The molecule has 200 valence electrons. The molecular weight excluding hydrogens is 487 g/mol. The molecule has 0 radical (unpaired) electrons. The standard InChI is InChI=1S/C28H33FN6O3/c1-28(26(36)31-15-18-5-6-18)16-37-25(38-17-28)24-33-22(19-7-9-20(29)10-8-19)23(34-24)21-11-12-30-27(32-21)35-13-3-2-4-14-35/h7-12,18,25H,2-6,13-17H2,1H3,(H,31,36)(H,33,34). The number of anilines is 1. The van der Waals surface area contributed by atoms with Gasteiger partial charge in [-0.2, -0.15) is 0 Å². The van der Waals surface area contributed by atoms with E-state index in [0.717, 1.165) is 31.5 Å². The molecule has 10 heteroatoms. The van der Waals surface area contributed by atoms with Gasteiger partial charge in [0.05, 0.1) is 35.7 Å². The fourth-order valence-electron chi connectivity index (χ4n) is 4.91. The molecule has 1 aliphatic carbocycles. The Labute approximate surface area is 221 Å². The highest BCUT2D eigenvalue weighted by atomic mass is 19.1. The third-order valence-electron chi connectivity index (χ3n) is 7.50. The minimum absolute atomic E-state index is 0.0544. The average molecular weight is 521 g/mol. The van der Waals surface area contributed by atoms with Gasteiger partial charge in [-0.05, 0) is 75.3 Å². The Morgan fingerprint density at radius 1 is 1.11 bits per heavy atom. The van der Waals surface area contributed by atoms with E-state index in [-0.39, 0.29) is 24.9 Å². The number of ether oxygens (including phenoxy) is 2. The summed E-state index contributed by atoms with van der Waals surface area (Å²) in [4.78, 5) is 32.5. The first-order chi connectivity index (χ1) is 18.5. The van der Waals surface area contributed by atoms with Gasteiger partial charge in [0.15, 0.2) is 5.82 Å². The van der Waals surface area contributed by atoms with Gasteiger partial charge in [-0.3, -0.25) is 4.79 Å². The summed E-state index contributed by atoms with van der Waals surface area (Å²) in [7, 11) is 0. The van der Waals surface area contributed by atoms with E-state index in [9.17, 15) is 9.18 Å². The zero-order valence-electron chi connectivity index (χ0n) is 21.6. The molecule has 3 fully saturated rings. The third-order valence-corrected chi connectivity index (χ3v) is 7.50. The number of nitrogens with zero attached hydrogens (tertiary/aromatic N) is 4. The quantitative estimate of drug-likeness (QED) is 0.480. The lowest BCUT2D eigenvalue weighted by Crippen LogP contribution is -2.49. The molecule has 2 saturated heterocycles. The van der Waals surface area contributed by atoms with E-state index in [1.165, 1.54) is 31.4 Å². The lowest BCUT2D eigenvalue weighted by Gasteiger charge is -2.35. The van der Waals surface area contributed by atoms with Crippen LogP contribution in [0.25, 0.3) is 22.6 Å². The topological polar surface area (TPSA) is 105 Å². The van der Waals surface area contributed by atoms with E-state index in [2.05, 4.69) is 20.2 Å². The Bertz CT molecular complexity index is 1280. The van der Waals surface area contributed by atoms with Crippen molar-refractivity contribution in [3.8, 4) is 22.6 Å². The average Bonchev–Trinajstić information content (AvgIpc) is 3.69. The molecule has 0 atom stereocenters. The largest absolute Gasteiger partial charge is 0.355 e. The number of hydrogen-bond donors (Lipinski definition) is 2. The minimum atomic E-state index is -0.768. The molecule has 1 aromatic carbocycles. The molecule has 3 aromatic rings. The lowest BCUT2D eigenvalue weighted by atomic mass is 9.91. The maximum atomic E-state index is 13.7. The van der Waals surface area contributed by atoms with Crippen molar-refractivity contribution in [2.24, 2.45) is 11.3 Å². The number of carbonyl (C=O) groups excluding carboxylic acids is 1. The highest BCUT2D eigenvalue weighted by Crippen LogP contribution is 2.36. The predicted molar refractivity (Wildman–Crippen MR) is 140 cm³/mol. The zero-order valence-corrected chi connectivity index (χ0v) is 21.6. The predicted octanol–water partition coefficient (Wildman–Crippen LogP) is 4.24. The number of imidazole rings is 1. The molecule has 6 rings (SSSR count). The van der Waals surface area contributed by atoms with Crippen molar-refractivity contribution in [1.82, 2.24) is 25.3 Å². The van der Waals surface area contributed by atoms with Crippen molar-refractivity contribution in [2.75, 3.05) is 37.7 Å². The van der Waals surface area contributed by atoms with Crippen LogP contribution in [-0.4, -0.2) is 58.7 Å². The maximum absolute atomic E-state index is 13.7. The summed E-state index contributed by atoms with van der Waals surface area (Å²) in [6, 6.07) is 8.03. The summed E-state index contributed by atoms with van der Waals surface area (Å²) in [5.74, 6) is 1.38. The molecule has 0 spiro atoms. The van der Waals surface area contributed by atoms with E-state index in [4.69, 9.17) is 19.4 Å². The molecule has 0 unspecified atom stereocenters. The third kappa shape index (κ3) is 5.28. The van der Waals surface area contributed by atoms with Gasteiger partial charge in [0.25, 0.3) is 0 Å². The Hall–Kier alpha value is -3.37. The van der Waals surface area contributed by atoms with Gasteiger partial charge in [-0.15, -0.1) is 0 Å². The fourth-order valence-corrected chi connectivity index (χ4v) is 4.91. The number of benzene rings is 1. The van der Waals surface area contributed by atoms with Gasteiger partial charge in [0.2, 0.25) is 18.1 Å². The number of rotatable bonds is 7. The zero-order chi connectivity index (χ0) is 26.1. The fraction of sp³-hybridized carbons (Fsp3) is 0.500. The van der Waals surface area contributed by atoms with E-state index in [0.29, 0.717) is 41.3 Å². The van der Waals surface area contributed by atoms with Crippen LogP contribution in [0.5, 0.6) is 0 Å². The number of amides is 1. The number of carbonyl (C=O) groups is 1. The Balaban J connectivity index is 1.26. The van der Waals surface area contributed by atoms with Crippen molar-refractivity contribution < 1.29 is 18.7 Å². The van der Waals surface area contributed by atoms with E-state index in [1.54, 1.807) is 18.3 Å². The van der Waals surface area contributed by atoms with E-state index in [1.807, 2.05) is 13.0 Å². The van der Waals surface area contributed by atoms with E-state index < -0.39 is 11.7 Å². The molecule has 2 aromatic heterocycles. The van der Waals surface area contributed by atoms with Crippen LogP contribution in [0.2, 0.25) is 0 Å². The van der Waals surface area contributed by atoms with Crippen molar-refractivity contribution in [1.29, 1.82) is 0 Å². The Kier molecular flexibility index (Phi) is 6.84. The second kappa shape index (κ2) is 10.4. The molecular formula is C28H33FN6O3. The smallest absolute Gasteiger partial charge is 0.230 e. The van der Waals surface area contributed by atoms with Crippen LogP contribution in [0.4, 0.5) is 10.3 Å². The lowest BCUT2D eigenvalue weighted by molar-refractivity contribution is -0.231. The summed E-state index contributed by atoms with van der Waals surface area (Å²) >= 11 is 0. The van der Waals surface area contributed by atoms with Gasteiger partial charge in [-0.25, -0.2) is 19.3 Å². The van der Waals surface area contributed by atoms with Crippen molar-refractivity contribution in [2.45, 2.75) is 45.3 Å². The minimum Gasteiger partial charge on any atom is -0.355 e. The SMILES string of the molecule is CC1(C(=O)NCC2CC2)COC(c2nc(-c3ccc(F)cc3)c(-c3ccnc(N4CCCCC4)n3)[nH]2)OC1. The van der Waals surface area contributed by atoms with Crippen LogP contribution in [0.3, 0.4) is 0 Å². The van der Waals surface area contributed by atoms with Crippen LogP contribution in [-0.2, 0) is 14.3 Å². The van der Waals surface area contributed by atoms with Crippen molar-refractivity contribution in [3.05, 3.63) is 48.2 Å². The highest BCUT2D eigenvalue weighted by Gasteiger charge is 2.41. The number of halogens is 1. The normalized spacial score (nSPS) is 23.8.